The first kappa shape index (κ1) is 17.4. The first-order chi connectivity index (χ1) is 12.4. The Morgan fingerprint density at radius 1 is 1.27 bits per heavy atom. The van der Waals surface area contributed by atoms with Gasteiger partial charge in [0.2, 0.25) is 5.91 Å². The molecule has 1 saturated heterocycles. The van der Waals surface area contributed by atoms with Crippen molar-refractivity contribution in [1.82, 2.24) is 19.7 Å². The van der Waals surface area contributed by atoms with Gasteiger partial charge in [-0.2, -0.15) is 5.10 Å². The van der Waals surface area contributed by atoms with E-state index in [1.807, 2.05) is 4.90 Å². The second-order valence-electron chi connectivity index (χ2n) is 6.92. The molecule has 1 aliphatic carbocycles. The van der Waals surface area contributed by atoms with Gasteiger partial charge >= 0.3 is 5.69 Å². The fourth-order valence-electron chi connectivity index (χ4n) is 3.44. The predicted molar refractivity (Wildman–Crippen MR) is 92.9 cm³/mol. The Labute approximate surface area is 156 Å². The van der Waals surface area contributed by atoms with Gasteiger partial charge in [0.05, 0.1) is 10.2 Å². The summed E-state index contributed by atoms with van der Waals surface area (Å²) in [6.07, 6.45) is 3.14. The Balaban J connectivity index is 1.57. The highest BCUT2D eigenvalue weighted by molar-refractivity contribution is 9.10. The highest BCUT2D eigenvalue weighted by Crippen LogP contribution is 2.33. The summed E-state index contributed by atoms with van der Waals surface area (Å²) in [6.45, 7) is 1.30. The monoisotopic (exact) mass is 426 g/mol. The zero-order valence-electron chi connectivity index (χ0n) is 13.8. The topological polar surface area (TPSA) is 71.0 Å². The molecule has 138 valence electrons. The van der Waals surface area contributed by atoms with Crippen LogP contribution in [0, 0.1) is 23.5 Å². The molecule has 1 saturated carbocycles. The summed E-state index contributed by atoms with van der Waals surface area (Å²) < 4.78 is 29.2. The van der Waals surface area contributed by atoms with Crippen LogP contribution in [-0.2, 0) is 11.2 Å². The van der Waals surface area contributed by atoms with E-state index in [2.05, 4.69) is 26.1 Å². The van der Waals surface area contributed by atoms with Crippen molar-refractivity contribution in [2.75, 3.05) is 13.1 Å². The number of likely N-dealkylation sites (tertiary alicyclic amines) is 1. The number of rotatable bonds is 4. The Morgan fingerprint density at radius 3 is 2.77 bits per heavy atom. The van der Waals surface area contributed by atoms with Crippen LogP contribution in [0.1, 0.15) is 25.1 Å². The third kappa shape index (κ3) is 3.20. The maximum atomic E-state index is 14.3. The Morgan fingerprint density at radius 2 is 2.04 bits per heavy atom. The summed E-state index contributed by atoms with van der Waals surface area (Å²) >= 11 is 2.93. The van der Waals surface area contributed by atoms with Crippen molar-refractivity contribution >= 4 is 21.8 Å². The molecule has 1 N–H and O–H groups in total. The van der Waals surface area contributed by atoms with Crippen molar-refractivity contribution in [3.05, 3.63) is 44.5 Å². The number of amides is 1. The smallest absolute Gasteiger partial charge is 0.342 e. The third-order valence-electron chi connectivity index (χ3n) is 4.97. The van der Waals surface area contributed by atoms with Crippen LogP contribution in [0.15, 0.2) is 21.4 Å². The maximum absolute atomic E-state index is 14.3. The fraction of sp³-hybridized carbons (Fsp3) is 0.471. The number of hydrogen-bond acceptors (Lipinski definition) is 3. The van der Waals surface area contributed by atoms with Crippen LogP contribution in [-0.4, -0.2) is 38.7 Å². The molecule has 1 amide bonds. The molecule has 1 aromatic heterocycles. The first-order valence-corrected chi connectivity index (χ1v) is 9.33. The van der Waals surface area contributed by atoms with Gasteiger partial charge in [0.15, 0.2) is 0 Å². The lowest BCUT2D eigenvalue weighted by molar-refractivity contribution is -0.131. The van der Waals surface area contributed by atoms with E-state index in [9.17, 15) is 18.4 Å². The third-order valence-corrected chi connectivity index (χ3v) is 5.58. The molecule has 2 heterocycles. The van der Waals surface area contributed by atoms with E-state index in [0.29, 0.717) is 25.3 Å². The lowest BCUT2D eigenvalue weighted by atomic mass is 10.0. The minimum absolute atomic E-state index is 0.0122. The van der Waals surface area contributed by atoms with Gasteiger partial charge in [-0.25, -0.2) is 23.2 Å². The number of nitrogens with one attached hydrogen (secondary N) is 1. The van der Waals surface area contributed by atoms with Crippen LogP contribution in [0.3, 0.4) is 0 Å². The van der Waals surface area contributed by atoms with Crippen molar-refractivity contribution in [2.45, 2.75) is 25.7 Å². The molecule has 4 rings (SSSR count). The molecule has 1 aromatic carbocycles. The summed E-state index contributed by atoms with van der Waals surface area (Å²) in [6, 6.07) is 1.96. The molecule has 1 atom stereocenters. The van der Waals surface area contributed by atoms with E-state index in [0.717, 1.165) is 36.0 Å². The quantitative estimate of drug-likeness (QED) is 0.762. The number of carbonyl (C=O) groups excluding carboxylic acids is 1. The molecule has 2 fully saturated rings. The standard InChI is InChI=1S/C17H17BrF2N4O2/c18-11-6-13(20)14(7-12(11)19)24-15(21-22-17(24)26)5-9-3-4-23(8-9)16(25)10-1-2-10/h6-7,9-10H,1-5,8H2,(H,22,26)/t9-/m0/s1. The summed E-state index contributed by atoms with van der Waals surface area (Å²) in [4.78, 5) is 26.1. The highest BCUT2D eigenvalue weighted by atomic mass is 79.9. The van der Waals surface area contributed by atoms with E-state index in [-0.39, 0.29) is 27.9 Å². The molecule has 2 aromatic rings. The molecule has 1 aliphatic heterocycles. The molecular weight excluding hydrogens is 410 g/mol. The van der Waals surface area contributed by atoms with Gasteiger partial charge in [-0.15, -0.1) is 0 Å². The molecular formula is C17H17BrF2N4O2. The van der Waals surface area contributed by atoms with Crippen molar-refractivity contribution in [2.24, 2.45) is 11.8 Å². The largest absolute Gasteiger partial charge is 0.348 e. The van der Waals surface area contributed by atoms with Crippen LogP contribution >= 0.6 is 15.9 Å². The predicted octanol–water partition coefficient (Wildman–Crippen LogP) is 2.40. The van der Waals surface area contributed by atoms with E-state index >= 15 is 0 Å². The summed E-state index contributed by atoms with van der Waals surface area (Å²) in [5, 5.41) is 6.30. The summed E-state index contributed by atoms with van der Waals surface area (Å²) in [5.41, 5.74) is -0.798. The Kier molecular flexibility index (Phi) is 4.42. The average Bonchev–Trinajstić information content (AvgIpc) is 3.25. The molecule has 0 radical (unpaired) electrons. The molecule has 0 bridgehead atoms. The second kappa shape index (κ2) is 6.61. The summed E-state index contributed by atoms with van der Waals surface area (Å²) in [7, 11) is 0. The zero-order chi connectivity index (χ0) is 18.4. The number of aromatic nitrogens is 3. The number of carbonyl (C=O) groups is 1. The van der Waals surface area contributed by atoms with Gasteiger partial charge < -0.3 is 4.90 Å². The van der Waals surface area contributed by atoms with Gasteiger partial charge in [0.1, 0.15) is 17.5 Å². The van der Waals surface area contributed by atoms with Crippen LogP contribution in [0.2, 0.25) is 0 Å². The molecule has 26 heavy (non-hydrogen) atoms. The number of benzene rings is 1. The lowest BCUT2D eigenvalue weighted by Gasteiger charge is -2.16. The molecule has 9 heteroatoms. The van der Waals surface area contributed by atoms with E-state index in [4.69, 9.17) is 0 Å². The van der Waals surface area contributed by atoms with Crippen LogP contribution in [0.4, 0.5) is 8.78 Å². The van der Waals surface area contributed by atoms with E-state index in [1.165, 1.54) is 0 Å². The number of hydrogen-bond donors (Lipinski definition) is 1. The van der Waals surface area contributed by atoms with Crippen molar-refractivity contribution in [3.8, 4) is 5.69 Å². The van der Waals surface area contributed by atoms with Crippen molar-refractivity contribution in [1.29, 1.82) is 0 Å². The minimum atomic E-state index is -0.722. The Bertz CT molecular complexity index is 922. The zero-order valence-corrected chi connectivity index (χ0v) is 15.4. The van der Waals surface area contributed by atoms with E-state index < -0.39 is 17.3 Å². The highest BCUT2D eigenvalue weighted by Gasteiger charge is 2.37. The molecule has 0 spiro atoms. The average molecular weight is 427 g/mol. The van der Waals surface area contributed by atoms with Gasteiger partial charge in [0, 0.05) is 31.5 Å². The second-order valence-corrected chi connectivity index (χ2v) is 7.77. The Hall–Kier alpha value is -2.03. The number of H-pyrrole nitrogens is 1. The summed E-state index contributed by atoms with van der Waals surface area (Å²) in [5.74, 6) is -0.538. The number of aromatic amines is 1. The van der Waals surface area contributed by atoms with Gasteiger partial charge in [0.25, 0.3) is 0 Å². The van der Waals surface area contributed by atoms with Gasteiger partial charge in [-0.3, -0.25) is 4.79 Å². The van der Waals surface area contributed by atoms with Crippen molar-refractivity contribution < 1.29 is 13.6 Å². The number of nitrogens with zero attached hydrogens (tertiary/aromatic N) is 3. The van der Waals surface area contributed by atoms with Gasteiger partial charge in [-0.05, 0) is 47.2 Å². The van der Waals surface area contributed by atoms with Crippen molar-refractivity contribution in [3.63, 3.8) is 0 Å². The molecule has 2 aliphatic rings. The van der Waals surface area contributed by atoms with E-state index in [1.54, 1.807) is 0 Å². The molecule has 0 unspecified atom stereocenters. The van der Waals surface area contributed by atoms with Gasteiger partial charge in [-0.1, -0.05) is 0 Å². The van der Waals surface area contributed by atoms with Crippen LogP contribution < -0.4 is 5.69 Å². The minimum Gasteiger partial charge on any atom is -0.342 e. The number of halogens is 3. The molecule has 6 nitrogen and oxygen atoms in total. The first-order valence-electron chi connectivity index (χ1n) is 8.54. The lowest BCUT2D eigenvalue weighted by Crippen LogP contribution is -2.30. The fourth-order valence-corrected chi connectivity index (χ4v) is 3.76. The normalized spacial score (nSPS) is 20.0. The van der Waals surface area contributed by atoms with Crippen LogP contribution in [0.25, 0.3) is 5.69 Å². The van der Waals surface area contributed by atoms with Crippen LogP contribution in [0.5, 0.6) is 0 Å². The SMILES string of the molecule is O=C(C1CC1)N1CC[C@@H](Cc2n[nH]c(=O)n2-c2cc(F)c(Br)cc2F)C1. The maximum Gasteiger partial charge on any atom is 0.348 e.